The van der Waals surface area contributed by atoms with Gasteiger partial charge in [0.25, 0.3) is 5.56 Å². The Balaban J connectivity index is 1.51. The number of carbonyl (C=O) groups excluding carboxylic acids is 1. The summed E-state index contributed by atoms with van der Waals surface area (Å²) < 4.78 is 14.3. The summed E-state index contributed by atoms with van der Waals surface area (Å²) in [6, 6.07) is 5.85. The van der Waals surface area contributed by atoms with Crippen LogP contribution in [0.2, 0.25) is 0 Å². The Hall–Kier alpha value is -3.14. The minimum Gasteiger partial charge on any atom is -0.384 e. The zero-order valence-corrected chi connectivity index (χ0v) is 15.4. The Morgan fingerprint density at radius 3 is 2.64 bits per heavy atom. The first-order valence-corrected chi connectivity index (χ1v) is 9.54. The molecule has 1 aromatic carbocycles. The van der Waals surface area contributed by atoms with E-state index in [1.54, 1.807) is 18.3 Å². The van der Waals surface area contributed by atoms with Crippen LogP contribution in [0.3, 0.4) is 0 Å². The lowest BCUT2D eigenvalue weighted by Crippen LogP contribution is -2.36. The zero-order chi connectivity index (χ0) is 19.8. The summed E-state index contributed by atoms with van der Waals surface area (Å²) in [5, 5.41) is 0.471. The predicted octanol–water partition coefficient (Wildman–Crippen LogP) is 1.96. The molecule has 4 rings (SSSR count). The molecular formula is C18H16FN5O3S. The molecule has 2 aromatic heterocycles. The van der Waals surface area contributed by atoms with E-state index in [1.807, 2.05) is 0 Å². The Kier molecular flexibility index (Phi) is 4.63. The van der Waals surface area contributed by atoms with Crippen LogP contribution in [-0.4, -0.2) is 31.1 Å². The maximum absolute atomic E-state index is 13.0. The number of Topliss-reactive ketones (excluding diaryl/α,β-unsaturated/α-hetero) is 1. The summed E-state index contributed by atoms with van der Waals surface area (Å²) in [6.45, 7) is 0. The van der Waals surface area contributed by atoms with Gasteiger partial charge in [0.1, 0.15) is 17.2 Å². The highest BCUT2D eigenvalue weighted by Crippen LogP contribution is 2.35. The first kappa shape index (κ1) is 18.2. The molecule has 0 atom stereocenters. The van der Waals surface area contributed by atoms with Crippen molar-refractivity contribution in [2.45, 2.75) is 24.0 Å². The minimum atomic E-state index is -0.781. The van der Waals surface area contributed by atoms with Crippen molar-refractivity contribution >= 4 is 23.4 Å². The van der Waals surface area contributed by atoms with Crippen molar-refractivity contribution in [2.75, 3.05) is 11.5 Å². The Bertz CT molecular complexity index is 1160. The number of carbonyl (C=O) groups is 1. The van der Waals surface area contributed by atoms with Gasteiger partial charge in [-0.25, -0.2) is 14.2 Å². The number of halogens is 1. The highest BCUT2D eigenvalue weighted by molar-refractivity contribution is 7.99. The van der Waals surface area contributed by atoms with E-state index >= 15 is 0 Å². The number of hydrogen-bond acceptors (Lipinski definition) is 6. The number of nitrogen functional groups attached to an aromatic ring is 1. The maximum Gasteiger partial charge on any atom is 0.330 e. The largest absolute Gasteiger partial charge is 0.384 e. The topological polar surface area (TPSA) is 127 Å². The summed E-state index contributed by atoms with van der Waals surface area (Å²) in [4.78, 5) is 46.0. The number of aromatic amines is 2. The van der Waals surface area contributed by atoms with Crippen molar-refractivity contribution < 1.29 is 9.18 Å². The van der Waals surface area contributed by atoms with Gasteiger partial charge in [-0.15, -0.1) is 0 Å². The molecule has 8 nitrogen and oxygen atoms in total. The second-order valence-corrected chi connectivity index (χ2v) is 7.41. The molecule has 0 unspecified atom stereocenters. The molecule has 10 heteroatoms. The molecule has 1 aliphatic rings. The third-order valence-electron chi connectivity index (χ3n) is 4.42. The minimum absolute atomic E-state index is 0.0631. The number of thioether (sulfide) groups is 1. The van der Waals surface area contributed by atoms with E-state index in [4.69, 9.17) is 5.73 Å². The van der Waals surface area contributed by atoms with Crippen LogP contribution in [0.1, 0.15) is 29.2 Å². The number of ketones is 1. The lowest BCUT2D eigenvalue weighted by molar-refractivity contribution is 0.102. The van der Waals surface area contributed by atoms with E-state index in [0.717, 1.165) is 30.2 Å². The van der Waals surface area contributed by atoms with Crippen LogP contribution in [0, 0.1) is 5.82 Å². The zero-order valence-electron chi connectivity index (χ0n) is 14.6. The molecular weight excluding hydrogens is 385 g/mol. The van der Waals surface area contributed by atoms with Crippen LogP contribution in [-0.2, 0) is 0 Å². The van der Waals surface area contributed by atoms with Crippen molar-refractivity contribution in [3.8, 4) is 11.3 Å². The SMILES string of the molecule is Nc1c(C(=O)CSc2ncc(-c3ccc(F)cc3)[nH]2)c(=O)[nH]c(=O)n1C1CC1. The molecule has 1 fully saturated rings. The lowest BCUT2D eigenvalue weighted by Gasteiger charge is -2.10. The van der Waals surface area contributed by atoms with Crippen molar-refractivity contribution in [3.05, 3.63) is 62.7 Å². The third kappa shape index (κ3) is 3.50. The van der Waals surface area contributed by atoms with Crippen molar-refractivity contribution in [1.82, 2.24) is 19.5 Å². The van der Waals surface area contributed by atoms with E-state index in [2.05, 4.69) is 15.0 Å². The van der Waals surface area contributed by atoms with Crippen LogP contribution in [0.4, 0.5) is 10.2 Å². The van der Waals surface area contributed by atoms with Gasteiger partial charge in [-0.2, -0.15) is 0 Å². The van der Waals surface area contributed by atoms with E-state index in [-0.39, 0.29) is 29.0 Å². The third-order valence-corrected chi connectivity index (χ3v) is 5.31. The molecule has 2 heterocycles. The van der Waals surface area contributed by atoms with E-state index in [0.29, 0.717) is 10.9 Å². The van der Waals surface area contributed by atoms with Gasteiger partial charge in [-0.1, -0.05) is 11.8 Å². The monoisotopic (exact) mass is 401 g/mol. The average Bonchev–Trinajstić information content (AvgIpc) is 3.36. The van der Waals surface area contributed by atoms with Gasteiger partial charge in [-0.3, -0.25) is 19.1 Å². The second kappa shape index (κ2) is 7.12. The Morgan fingerprint density at radius 2 is 1.96 bits per heavy atom. The van der Waals surface area contributed by atoms with Gasteiger partial charge in [-0.05, 0) is 42.7 Å². The standard InChI is InChI=1S/C18H16FN5O3S/c19-10-3-1-9(2-4-10)12-7-21-17(22-12)28-8-13(25)14-15(20)24(11-5-6-11)18(27)23-16(14)26/h1-4,7,11H,5-6,8,20H2,(H,21,22)(H,23,26,27). The molecule has 1 aliphatic carbocycles. The number of hydrogen-bond donors (Lipinski definition) is 3. The van der Waals surface area contributed by atoms with Crippen molar-refractivity contribution in [2.24, 2.45) is 0 Å². The number of anilines is 1. The molecule has 4 N–H and O–H groups in total. The smallest absolute Gasteiger partial charge is 0.330 e. The van der Waals surface area contributed by atoms with E-state index < -0.39 is 17.0 Å². The number of rotatable bonds is 6. The number of aromatic nitrogens is 4. The predicted molar refractivity (Wildman–Crippen MR) is 103 cm³/mol. The Labute approximate surface area is 162 Å². The summed E-state index contributed by atoms with van der Waals surface area (Å²) in [6.07, 6.45) is 3.16. The molecule has 1 saturated carbocycles. The van der Waals surface area contributed by atoms with Gasteiger partial charge < -0.3 is 10.7 Å². The fraction of sp³-hybridized carbons (Fsp3) is 0.222. The number of nitrogens with one attached hydrogen (secondary N) is 2. The van der Waals surface area contributed by atoms with Gasteiger partial charge >= 0.3 is 5.69 Å². The highest BCUT2D eigenvalue weighted by Gasteiger charge is 2.30. The van der Waals surface area contributed by atoms with E-state index in [9.17, 15) is 18.8 Å². The lowest BCUT2D eigenvalue weighted by atomic mass is 10.2. The Morgan fingerprint density at radius 1 is 1.25 bits per heavy atom. The van der Waals surface area contributed by atoms with Gasteiger partial charge in [0.05, 0.1) is 17.6 Å². The van der Waals surface area contributed by atoms with Crippen LogP contribution < -0.4 is 17.0 Å². The van der Waals surface area contributed by atoms with Gasteiger partial charge in [0.2, 0.25) is 0 Å². The molecule has 28 heavy (non-hydrogen) atoms. The molecule has 0 bridgehead atoms. The summed E-state index contributed by atoms with van der Waals surface area (Å²) in [5.74, 6) is -0.989. The highest BCUT2D eigenvalue weighted by atomic mass is 32.2. The first-order valence-electron chi connectivity index (χ1n) is 8.55. The fourth-order valence-corrected chi connectivity index (χ4v) is 3.61. The number of nitrogens with zero attached hydrogens (tertiary/aromatic N) is 2. The quantitative estimate of drug-likeness (QED) is 0.428. The van der Waals surface area contributed by atoms with Crippen molar-refractivity contribution in [1.29, 1.82) is 0 Å². The normalized spacial score (nSPS) is 13.6. The molecule has 0 amide bonds. The summed E-state index contributed by atoms with van der Waals surface area (Å²) in [7, 11) is 0. The summed E-state index contributed by atoms with van der Waals surface area (Å²) >= 11 is 1.11. The molecule has 144 valence electrons. The van der Waals surface area contributed by atoms with Crippen LogP contribution in [0.15, 0.2) is 45.2 Å². The van der Waals surface area contributed by atoms with Crippen LogP contribution >= 0.6 is 11.8 Å². The molecule has 0 radical (unpaired) electrons. The number of H-pyrrole nitrogens is 2. The van der Waals surface area contributed by atoms with Gasteiger partial charge in [0.15, 0.2) is 10.9 Å². The van der Waals surface area contributed by atoms with Crippen LogP contribution in [0.25, 0.3) is 11.3 Å². The molecule has 0 spiro atoms. The number of benzene rings is 1. The second-order valence-electron chi connectivity index (χ2n) is 6.44. The fourth-order valence-electron chi connectivity index (χ4n) is 2.89. The molecule has 0 aliphatic heterocycles. The molecule has 0 saturated heterocycles. The van der Waals surface area contributed by atoms with Crippen molar-refractivity contribution in [3.63, 3.8) is 0 Å². The number of nitrogens with two attached hydrogens (primary N) is 1. The van der Waals surface area contributed by atoms with E-state index in [1.165, 1.54) is 16.7 Å². The summed E-state index contributed by atoms with van der Waals surface area (Å²) in [5.41, 5.74) is 5.80. The average molecular weight is 401 g/mol. The van der Waals surface area contributed by atoms with Gasteiger partial charge in [0, 0.05) is 6.04 Å². The maximum atomic E-state index is 13.0. The number of imidazole rings is 1. The molecule has 3 aromatic rings. The first-order chi connectivity index (χ1) is 13.4. The van der Waals surface area contributed by atoms with Crippen LogP contribution in [0.5, 0.6) is 0 Å².